The lowest BCUT2D eigenvalue weighted by Gasteiger charge is -2.24. The van der Waals surface area contributed by atoms with E-state index in [9.17, 15) is 9.59 Å². The molecule has 0 aliphatic carbocycles. The number of likely N-dealkylation sites (tertiary alicyclic amines) is 1. The normalized spacial score (nSPS) is 22.3. The van der Waals surface area contributed by atoms with E-state index in [1.165, 1.54) is 12.8 Å². The van der Waals surface area contributed by atoms with Crippen LogP contribution in [0.1, 0.15) is 43.2 Å². The molecule has 4 heteroatoms. The minimum atomic E-state index is -0.179. The van der Waals surface area contributed by atoms with E-state index in [0.29, 0.717) is 13.0 Å². The monoisotopic (exact) mass is 314 g/mol. The number of carbonyl (C=O) groups is 2. The van der Waals surface area contributed by atoms with E-state index in [0.717, 1.165) is 42.7 Å². The molecule has 2 aliphatic heterocycles. The van der Waals surface area contributed by atoms with E-state index in [1.54, 1.807) is 4.90 Å². The average Bonchev–Trinajstić information content (AvgIpc) is 2.72. The van der Waals surface area contributed by atoms with E-state index in [4.69, 9.17) is 0 Å². The summed E-state index contributed by atoms with van der Waals surface area (Å²) >= 11 is 0. The van der Waals surface area contributed by atoms with Gasteiger partial charge in [0.05, 0.1) is 5.92 Å². The fourth-order valence-electron chi connectivity index (χ4n) is 3.78. The van der Waals surface area contributed by atoms with Crippen LogP contribution in [0.25, 0.3) is 0 Å². The SMILES string of the molecule is Cc1cc(C)cc(N2CC(C(=O)N3CCCCCC3)CC2=O)c1. The molecular weight excluding hydrogens is 288 g/mol. The summed E-state index contributed by atoms with van der Waals surface area (Å²) < 4.78 is 0. The predicted octanol–water partition coefficient (Wildman–Crippen LogP) is 3.06. The van der Waals surface area contributed by atoms with Crippen LogP contribution in [0.15, 0.2) is 18.2 Å². The maximum atomic E-state index is 12.8. The number of hydrogen-bond acceptors (Lipinski definition) is 2. The van der Waals surface area contributed by atoms with Crippen molar-refractivity contribution in [3.63, 3.8) is 0 Å². The molecule has 2 aliphatic rings. The fourth-order valence-corrected chi connectivity index (χ4v) is 3.78. The summed E-state index contributed by atoms with van der Waals surface area (Å²) in [5, 5.41) is 0. The van der Waals surface area contributed by atoms with Crippen molar-refractivity contribution in [3.05, 3.63) is 29.3 Å². The van der Waals surface area contributed by atoms with Crippen molar-refractivity contribution >= 4 is 17.5 Å². The van der Waals surface area contributed by atoms with Gasteiger partial charge in [0.2, 0.25) is 11.8 Å². The highest BCUT2D eigenvalue weighted by Gasteiger charge is 2.37. The molecule has 4 nitrogen and oxygen atoms in total. The van der Waals surface area contributed by atoms with Crippen molar-refractivity contribution in [1.29, 1.82) is 0 Å². The molecule has 0 bridgehead atoms. The summed E-state index contributed by atoms with van der Waals surface area (Å²) in [4.78, 5) is 28.9. The van der Waals surface area contributed by atoms with Gasteiger partial charge in [-0.1, -0.05) is 18.9 Å². The molecule has 2 heterocycles. The maximum Gasteiger partial charge on any atom is 0.228 e. The third kappa shape index (κ3) is 3.57. The van der Waals surface area contributed by atoms with Crippen molar-refractivity contribution in [1.82, 2.24) is 4.90 Å². The molecule has 124 valence electrons. The van der Waals surface area contributed by atoms with Crippen LogP contribution in [-0.4, -0.2) is 36.3 Å². The van der Waals surface area contributed by atoms with Gasteiger partial charge < -0.3 is 9.80 Å². The Morgan fingerprint density at radius 1 is 1.00 bits per heavy atom. The average molecular weight is 314 g/mol. The Hall–Kier alpha value is -1.84. The van der Waals surface area contributed by atoms with Crippen LogP contribution >= 0.6 is 0 Å². The first-order valence-corrected chi connectivity index (χ1v) is 8.72. The minimum absolute atomic E-state index is 0.0724. The van der Waals surface area contributed by atoms with Gasteiger partial charge in [0.1, 0.15) is 0 Å². The first-order valence-electron chi connectivity index (χ1n) is 8.72. The largest absolute Gasteiger partial charge is 0.342 e. The quantitative estimate of drug-likeness (QED) is 0.842. The van der Waals surface area contributed by atoms with E-state index >= 15 is 0 Å². The molecule has 0 spiro atoms. The van der Waals surface area contributed by atoms with Crippen LogP contribution in [0.2, 0.25) is 0 Å². The number of benzene rings is 1. The second-order valence-electron chi connectivity index (χ2n) is 6.99. The second-order valence-corrected chi connectivity index (χ2v) is 6.99. The van der Waals surface area contributed by atoms with E-state index < -0.39 is 0 Å². The fraction of sp³-hybridized carbons (Fsp3) is 0.579. The Kier molecular flexibility index (Phi) is 4.69. The van der Waals surface area contributed by atoms with Gasteiger partial charge in [0.25, 0.3) is 0 Å². The Labute approximate surface area is 138 Å². The van der Waals surface area contributed by atoms with Gasteiger partial charge in [-0.25, -0.2) is 0 Å². The lowest BCUT2D eigenvalue weighted by Crippen LogP contribution is -2.38. The highest BCUT2D eigenvalue weighted by Crippen LogP contribution is 2.28. The van der Waals surface area contributed by atoms with Gasteiger partial charge in [-0.05, 0) is 49.9 Å². The number of carbonyl (C=O) groups excluding carboxylic acids is 2. The van der Waals surface area contributed by atoms with Crippen LogP contribution in [-0.2, 0) is 9.59 Å². The summed E-state index contributed by atoms with van der Waals surface area (Å²) in [5.74, 6) is 0.0664. The number of rotatable bonds is 2. The maximum absolute atomic E-state index is 12.8. The van der Waals surface area contributed by atoms with Crippen molar-refractivity contribution in [2.45, 2.75) is 46.0 Å². The molecule has 23 heavy (non-hydrogen) atoms. The van der Waals surface area contributed by atoms with Crippen LogP contribution in [0.5, 0.6) is 0 Å². The lowest BCUT2D eigenvalue weighted by atomic mass is 10.1. The second kappa shape index (κ2) is 6.73. The molecule has 1 unspecified atom stereocenters. The topological polar surface area (TPSA) is 40.6 Å². The van der Waals surface area contributed by atoms with Crippen molar-refractivity contribution in [2.75, 3.05) is 24.5 Å². The standard InChI is InChI=1S/C19H26N2O2/c1-14-9-15(2)11-17(10-14)21-13-16(12-18(21)22)19(23)20-7-5-3-4-6-8-20/h9-11,16H,3-8,12-13H2,1-2H3. The third-order valence-electron chi connectivity index (χ3n) is 4.91. The number of anilines is 1. The first kappa shape index (κ1) is 16.0. The minimum Gasteiger partial charge on any atom is -0.342 e. The third-order valence-corrected chi connectivity index (χ3v) is 4.91. The molecule has 0 saturated carbocycles. The molecule has 1 aromatic carbocycles. The number of amides is 2. The predicted molar refractivity (Wildman–Crippen MR) is 91.4 cm³/mol. The number of hydrogen-bond donors (Lipinski definition) is 0. The van der Waals surface area contributed by atoms with E-state index in [-0.39, 0.29) is 17.7 Å². The van der Waals surface area contributed by atoms with Gasteiger partial charge in [-0.15, -0.1) is 0 Å². The summed E-state index contributed by atoms with van der Waals surface area (Å²) in [6.45, 7) is 6.31. The molecule has 1 aromatic rings. The summed E-state index contributed by atoms with van der Waals surface area (Å²) in [6.07, 6.45) is 4.95. The molecule has 2 saturated heterocycles. The van der Waals surface area contributed by atoms with Gasteiger partial charge >= 0.3 is 0 Å². The van der Waals surface area contributed by atoms with Crippen molar-refractivity contribution < 1.29 is 9.59 Å². The van der Waals surface area contributed by atoms with E-state index in [2.05, 4.69) is 6.07 Å². The zero-order chi connectivity index (χ0) is 16.4. The smallest absolute Gasteiger partial charge is 0.228 e. The Morgan fingerprint density at radius 3 is 2.22 bits per heavy atom. The molecule has 0 N–H and O–H groups in total. The van der Waals surface area contributed by atoms with Crippen LogP contribution < -0.4 is 4.90 Å². The summed E-state index contributed by atoms with van der Waals surface area (Å²) in [7, 11) is 0. The lowest BCUT2D eigenvalue weighted by molar-refractivity contribution is -0.135. The molecule has 1 atom stereocenters. The summed E-state index contributed by atoms with van der Waals surface area (Å²) in [6, 6.07) is 6.16. The highest BCUT2D eigenvalue weighted by molar-refractivity contribution is 6.00. The van der Waals surface area contributed by atoms with Crippen molar-refractivity contribution in [3.8, 4) is 0 Å². The highest BCUT2D eigenvalue weighted by atomic mass is 16.2. The molecule has 2 amide bonds. The van der Waals surface area contributed by atoms with Crippen LogP contribution in [0, 0.1) is 19.8 Å². The van der Waals surface area contributed by atoms with Crippen LogP contribution in [0.4, 0.5) is 5.69 Å². The zero-order valence-corrected chi connectivity index (χ0v) is 14.2. The number of nitrogens with zero attached hydrogens (tertiary/aromatic N) is 2. The van der Waals surface area contributed by atoms with E-state index in [1.807, 2.05) is 30.9 Å². The van der Waals surface area contributed by atoms with Gasteiger partial charge in [-0.3, -0.25) is 9.59 Å². The molecule has 0 aromatic heterocycles. The van der Waals surface area contributed by atoms with Gasteiger partial charge in [0.15, 0.2) is 0 Å². The van der Waals surface area contributed by atoms with Gasteiger partial charge in [-0.2, -0.15) is 0 Å². The molecule has 2 fully saturated rings. The number of aryl methyl sites for hydroxylation is 2. The summed E-state index contributed by atoms with van der Waals surface area (Å²) in [5.41, 5.74) is 3.23. The zero-order valence-electron chi connectivity index (χ0n) is 14.2. The Balaban J connectivity index is 1.72. The Bertz CT molecular complexity index is 583. The van der Waals surface area contributed by atoms with Gasteiger partial charge in [0, 0.05) is 31.7 Å². The molecule has 0 radical (unpaired) electrons. The van der Waals surface area contributed by atoms with Crippen LogP contribution in [0.3, 0.4) is 0 Å². The molecule has 3 rings (SSSR count). The Morgan fingerprint density at radius 2 is 1.61 bits per heavy atom. The van der Waals surface area contributed by atoms with Crippen molar-refractivity contribution in [2.24, 2.45) is 5.92 Å². The first-order chi connectivity index (χ1) is 11.0. The molecular formula is C19H26N2O2.